The van der Waals surface area contributed by atoms with E-state index in [-0.39, 0.29) is 16.7 Å². The van der Waals surface area contributed by atoms with Gasteiger partial charge in [0.15, 0.2) is 10.8 Å². The second-order valence-electron chi connectivity index (χ2n) is 5.64. The zero-order valence-electron chi connectivity index (χ0n) is 11.8. The van der Waals surface area contributed by atoms with E-state index in [1.54, 1.807) is 18.4 Å². The van der Waals surface area contributed by atoms with Crippen LogP contribution in [0.1, 0.15) is 45.2 Å². The molecule has 1 aliphatic heterocycles. The molecule has 1 saturated heterocycles. The van der Waals surface area contributed by atoms with Gasteiger partial charge in [0.25, 0.3) is 0 Å². The third-order valence-corrected chi connectivity index (χ3v) is 3.89. The molecule has 1 aliphatic rings. The highest BCUT2D eigenvalue weighted by Gasteiger charge is 2.31. The molecule has 1 fully saturated rings. The fourth-order valence-electron chi connectivity index (χ4n) is 2.55. The Morgan fingerprint density at radius 3 is 2.62 bits per heavy atom. The Labute approximate surface area is 132 Å². The summed E-state index contributed by atoms with van der Waals surface area (Å²) in [5, 5.41) is 10.6. The second-order valence-corrected chi connectivity index (χ2v) is 6.34. The standard InChI is InChI=1S/C13H16Cl2N4O2/c1-13(2,20)11-16-8-9(14)17-12(15)18-10(8)19(11)7-5-3-4-6-21-7/h7,20H,3-6H2,1-2H3. The van der Waals surface area contributed by atoms with Gasteiger partial charge in [0.1, 0.15) is 23.2 Å². The van der Waals surface area contributed by atoms with Gasteiger partial charge in [0.2, 0.25) is 5.28 Å². The Morgan fingerprint density at radius 1 is 1.24 bits per heavy atom. The van der Waals surface area contributed by atoms with Gasteiger partial charge in [0, 0.05) is 6.61 Å². The molecule has 1 unspecified atom stereocenters. The number of nitrogens with zero attached hydrogens (tertiary/aromatic N) is 4. The van der Waals surface area contributed by atoms with E-state index in [1.807, 2.05) is 0 Å². The van der Waals surface area contributed by atoms with Crippen molar-refractivity contribution in [2.45, 2.75) is 44.9 Å². The van der Waals surface area contributed by atoms with E-state index in [0.717, 1.165) is 19.3 Å². The lowest BCUT2D eigenvalue weighted by Gasteiger charge is -2.28. The fraction of sp³-hybridized carbons (Fsp3) is 0.615. The first-order valence-corrected chi connectivity index (χ1v) is 7.59. The Morgan fingerprint density at radius 2 is 2.00 bits per heavy atom. The van der Waals surface area contributed by atoms with E-state index in [2.05, 4.69) is 15.0 Å². The van der Waals surface area contributed by atoms with Crippen molar-refractivity contribution in [1.29, 1.82) is 0 Å². The Balaban J connectivity index is 2.26. The van der Waals surface area contributed by atoms with Crippen LogP contribution in [0.4, 0.5) is 0 Å². The first kappa shape index (κ1) is 15.0. The van der Waals surface area contributed by atoms with Crippen LogP contribution >= 0.6 is 23.2 Å². The van der Waals surface area contributed by atoms with Crippen molar-refractivity contribution in [2.75, 3.05) is 6.61 Å². The summed E-state index contributed by atoms with van der Waals surface area (Å²) < 4.78 is 7.60. The van der Waals surface area contributed by atoms with Crippen molar-refractivity contribution < 1.29 is 9.84 Å². The molecule has 0 saturated carbocycles. The van der Waals surface area contributed by atoms with Gasteiger partial charge in [-0.3, -0.25) is 4.57 Å². The van der Waals surface area contributed by atoms with Gasteiger partial charge in [-0.2, -0.15) is 4.98 Å². The highest BCUT2D eigenvalue weighted by Crippen LogP contribution is 2.34. The number of imidazole rings is 1. The third-order valence-electron chi connectivity index (χ3n) is 3.46. The topological polar surface area (TPSA) is 73.1 Å². The summed E-state index contributed by atoms with van der Waals surface area (Å²) in [4.78, 5) is 12.5. The summed E-state index contributed by atoms with van der Waals surface area (Å²) in [7, 11) is 0. The highest BCUT2D eigenvalue weighted by atomic mass is 35.5. The summed E-state index contributed by atoms with van der Waals surface area (Å²) >= 11 is 12.0. The lowest BCUT2D eigenvalue weighted by atomic mass is 10.1. The molecule has 0 spiro atoms. The molecule has 8 heteroatoms. The van der Waals surface area contributed by atoms with Crippen molar-refractivity contribution in [3.05, 3.63) is 16.3 Å². The van der Waals surface area contributed by atoms with E-state index < -0.39 is 5.60 Å². The number of ether oxygens (including phenoxy) is 1. The lowest BCUT2D eigenvalue weighted by molar-refractivity contribution is -0.0405. The number of rotatable bonds is 2. The number of hydrogen-bond acceptors (Lipinski definition) is 5. The molecule has 6 nitrogen and oxygen atoms in total. The zero-order chi connectivity index (χ0) is 15.2. The van der Waals surface area contributed by atoms with Crippen LogP contribution < -0.4 is 0 Å². The number of hydrogen-bond donors (Lipinski definition) is 1. The maximum Gasteiger partial charge on any atom is 0.225 e. The minimum absolute atomic E-state index is 0.0479. The van der Waals surface area contributed by atoms with Gasteiger partial charge in [-0.05, 0) is 44.7 Å². The molecule has 0 radical (unpaired) electrons. The summed E-state index contributed by atoms with van der Waals surface area (Å²) in [6, 6.07) is 0. The van der Waals surface area contributed by atoms with Gasteiger partial charge in [-0.25, -0.2) is 9.97 Å². The van der Waals surface area contributed by atoms with Crippen LogP contribution in [0.15, 0.2) is 0 Å². The number of aliphatic hydroxyl groups is 1. The molecule has 1 N–H and O–H groups in total. The van der Waals surface area contributed by atoms with E-state index >= 15 is 0 Å². The minimum atomic E-state index is -1.16. The monoisotopic (exact) mass is 330 g/mol. The molecular weight excluding hydrogens is 315 g/mol. The van der Waals surface area contributed by atoms with Gasteiger partial charge in [-0.1, -0.05) is 11.6 Å². The number of aromatic nitrogens is 4. The normalized spacial score (nSPS) is 20.1. The average Bonchev–Trinajstić information content (AvgIpc) is 2.79. The molecule has 2 aromatic heterocycles. The SMILES string of the molecule is CC(C)(O)c1nc2c(Cl)nc(Cl)nc2n1C1CCCCO1. The molecule has 3 heterocycles. The van der Waals surface area contributed by atoms with Gasteiger partial charge >= 0.3 is 0 Å². The molecule has 3 rings (SSSR count). The summed E-state index contributed by atoms with van der Waals surface area (Å²) in [6.07, 6.45) is 2.67. The largest absolute Gasteiger partial charge is 0.383 e. The summed E-state index contributed by atoms with van der Waals surface area (Å²) in [5.74, 6) is 0.447. The second kappa shape index (κ2) is 5.35. The van der Waals surface area contributed by atoms with Crippen LogP contribution in [-0.4, -0.2) is 31.2 Å². The molecule has 1 atom stereocenters. The van der Waals surface area contributed by atoms with E-state index in [9.17, 15) is 5.11 Å². The smallest absolute Gasteiger partial charge is 0.225 e. The van der Waals surface area contributed by atoms with Crippen LogP contribution in [0.2, 0.25) is 10.4 Å². The quantitative estimate of drug-likeness (QED) is 0.676. The maximum absolute atomic E-state index is 10.4. The molecule has 114 valence electrons. The molecule has 0 aromatic carbocycles. The molecule has 0 amide bonds. The summed E-state index contributed by atoms with van der Waals surface area (Å²) in [5.41, 5.74) is -0.242. The predicted octanol–water partition coefficient (Wildman–Crippen LogP) is 3.06. The summed E-state index contributed by atoms with van der Waals surface area (Å²) in [6.45, 7) is 4.00. The van der Waals surface area contributed by atoms with Crippen molar-refractivity contribution >= 4 is 34.4 Å². The van der Waals surface area contributed by atoms with Crippen LogP contribution in [0.25, 0.3) is 11.2 Å². The van der Waals surface area contributed by atoms with E-state index in [0.29, 0.717) is 23.6 Å². The Kier molecular flexibility index (Phi) is 3.81. The highest BCUT2D eigenvalue weighted by molar-refractivity contribution is 6.35. The fourth-order valence-corrected chi connectivity index (χ4v) is 2.96. The third kappa shape index (κ3) is 2.73. The van der Waals surface area contributed by atoms with Crippen molar-refractivity contribution in [2.24, 2.45) is 0 Å². The molecule has 2 aromatic rings. The van der Waals surface area contributed by atoms with Crippen molar-refractivity contribution in [1.82, 2.24) is 19.5 Å². The van der Waals surface area contributed by atoms with Crippen molar-refractivity contribution in [3.63, 3.8) is 0 Å². The van der Waals surface area contributed by atoms with E-state index in [4.69, 9.17) is 27.9 Å². The Hall–Kier alpha value is -0.950. The first-order chi connectivity index (χ1) is 9.88. The lowest BCUT2D eigenvalue weighted by Crippen LogP contribution is -2.27. The van der Waals surface area contributed by atoms with Crippen LogP contribution in [0.5, 0.6) is 0 Å². The van der Waals surface area contributed by atoms with Crippen LogP contribution in [-0.2, 0) is 10.3 Å². The Bertz CT molecular complexity index is 675. The van der Waals surface area contributed by atoms with Crippen LogP contribution in [0, 0.1) is 0 Å². The van der Waals surface area contributed by atoms with Gasteiger partial charge in [-0.15, -0.1) is 0 Å². The maximum atomic E-state index is 10.4. The van der Waals surface area contributed by atoms with E-state index in [1.165, 1.54) is 0 Å². The van der Waals surface area contributed by atoms with Gasteiger partial charge < -0.3 is 9.84 Å². The predicted molar refractivity (Wildman–Crippen MR) is 79.4 cm³/mol. The molecular formula is C13H16Cl2N4O2. The van der Waals surface area contributed by atoms with Crippen molar-refractivity contribution in [3.8, 4) is 0 Å². The zero-order valence-corrected chi connectivity index (χ0v) is 13.3. The van der Waals surface area contributed by atoms with Gasteiger partial charge in [0.05, 0.1) is 0 Å². The molecule has 21 heavy (non-hydrogen) atoms. The average molecular weight is 331 g/mol. The number of fused-ring (bicyclic) bond motifs is 1. The first-order valence-electron chi connectivity index (χ1n) is 6.83. The number of halogens is 2. The minimum Gasteiger partial charge on any atom is -0.383 e. The molecule has 0 aliphatic carbocycles. The van der Waals surface area contributed by atoms with Crippen LogP contribution in [0.3, 0.4) is 0 Å². The molecule has 0 bridgehead atoms.